The Bertz CT molecular complexity index is 1520. The van der Waals surface area contributed by atoms with E-state index in [0.29, 0.717) is 45.1 Å². The summed E-state index contributed by atoms with van der Waals surface area (Å²) in [4.78, 5) is 59.4. The first-order valence-corrected chi connectivity index (χ1v) is 17.4. The number of anilines is 1. The number of carbonyl (C=O) groups excluding carboxylic acids is 4. The van der Waals surface area contributed by atoms with Gasteiger partial charge in [-0.1, -0.05) is 60.7 Å². The van der Waals surface area contributed by atoms with Gasteiger partial charge in [0.2, 0.25) is 11.8 Å². The number of aliphatic hydroxyl groups is 1. The van der Waals surface area contributed by atoms with Crippen LogP contribution in [0.2, 0.25) is 0 Å². The molecule has 1 spiro atoms. The fourth-order valence-corrected chi connectivity index (χ4v) is 7.99. The van der Waals surface area contributed by atoms with E-state index in [2.05, 4.69) is 18.5 Å². The van der Waals surface area contributed by atoms with Crippen molar-refractivity contribution in [2.45, 2.75) is 82.6 Å². The summed E-state index contributed by atoms with van der Waals surface area (Å²) >= 11 is 0. The predicted molar refractivity (Wildman–Crippen MR) is 186 cm³/mol. The van der Waals surface area contributed by atoms with E-state index in [1.165, 1.54) is 0 Å². The van der Waals surface area contributed by atoms with E-state index in [-0.39, 0.29) is 43.9 Å². The Morgan fingerprint density at radius 1 is 1.08 bits per heavy atom. The van der Waals surface area contributed by atoms with Crippen LogP contribution >= 0.6 is 0 Å². The van der Waals surface area contributed by atoms with Gasteiger partial charge in [-0.15, -0.1) is 13.2 Å². The van der Waals surface area contributed by atoms with Crippen molar-refractivity contribution < 1.29 is 33.8 Å². The quantitative estimate of drug-likeness (QED) is 0.142. The van der Waals surface area contributed by atoms with Crippen LogP contribution < -0.4 is 10.2 Å². The first-order chi connectivity index (χ1) is 23.7. The molecule has 3 saturated heterocycles. The largest absolute Gasteiger partial charge is 0.463 e. The highest BCUT2D eigenvalue weighted by atomic mass is 16.5. The fourth-order valence-electron chi connectivity index (χ4n) is 7.99. The van der Waals surface area contributed by atoms with Crippen LogP contribution in [0.3, 0.4) is 0 Å². The maximum absolute atomic E-state index is 14.9. The maximum Gasteiger partial charge on any atom is 0.306 e. The first-order valence-electron chi connectivity index (χ1n) is 17.4. The second-order valence-corrected chi connectivity index (χ2v) is 13.3. The molecule has 3 aliphatic heterocycles. The topological polar surface area (TPSA) is 125 Å². The Morgan fingerprint density at radius 3 is 2.49 bits per heavy atom. The number of nitrogens with zero attached hydrogens (tertiary/aromatic N) is 2. The number of ether oxygens (including phenoxy) is 2. The van der Waals surface area contributed by atoms with Gasteiger partial charge in [0.05, 0.1) is 24.0 Å². The van der Waals surface area contributed by atoms with Gasteiger partial charge in [0.25, 0.3) is 5.91 Å². The van der Waals surface area contributed by atoms with Gasteiger partial charge in [0.1, 0.15) is 18.2 Å². The smallest absolute Gasteiger partial charge is 0.306 e. The van der Waals surface area contributed by atoms with Crippen LogP contribution in [0.4, 0.5) is 5.69 Å². The van der Waals surface area contributed by atoms with Crippen molar-refractivity contribution in [3.05, 3.63) is 90.5 Å². The molecule has 10 nitrogen and oxygen atoms in total. The van der Waals surface area contributed by atoms with Crippen molar-refractivity contribution in [2.24, 2.45) is 11.8 Å². The van der Waals surface area contributed by atoms with Crippen LogP contribution in [0, 0.1) is 25.7 Å². The van der Waals surface area contributed by atoms with Crippen molar-refractivity contribution >= 4 is 29.4 Å². The van der Waals surface area contributed by atoms with Crippen molar-refractivity contribution in [1.29, 1.82) is 0 Å². The molecule has 2 N–H and O–H groups in total. The van der Waals surface area contributed by atoms with Crippen molar-refractivity contribution in [1.82, 2.24) is 10.2 Å². The molecule has 5 rings (SSSR count). The number of para-hydroxylation sites is 1. The lowest BCUT2D eigenvalue weighted by atomic mass is 9.70. The molecule has 10 heteroatoms. The number of carbonyl (C=O) groups is 4. The first kappa shape index (κ1) is 36.0. The molecule has 0 radical (unpaired) electrons. The van der Waals surface area contributed by atoms with Crippen molar-refractivity contribution in [3.63, 3.8) is 0 Å². The van der Waals surface area contributed by atoms with Crippen LogP contribution in [-0.4, -0.2) is 77.7 Å². The van der Waals surface area contributed by atoms with Gasteiger partial charge in [-0.2, -0.15) is 0 Å². The van der Waals surface area contributed by atoms with Gasteiger partial charge >= 0.3 is 5.97 Å². The van der Waals surface area contributed by atoms with Crippen molar-refractivity contribution in [3.8, 4) is 0 Å². The number of amides is 3. The Hall–Kier alpha value is -4.28. The molecule has 0 aromatic heterocycles. The molecule has 2 aromatic carbocycles. The number of aliphatic hydroxyl groups excluding tert-OH is 1. The van der Waals surface area contributed by atoms with Gasteiger partial charge in [0, 0.05) is 31.8 Å². The van der Waals surface area contributed by atoms with E-state index < -0.39 is 41.6 Å². The second kappa shape index (κ2) is 16.0. The van der Waals surface area contributed by atoms with Crippen LogP contribution in [0.25, 0.3) is 0 Å². The SMILES string of the molecule is C=CCCC(=O)OC[C@H](NC(=O)[C@@H]1[C@H]2C(=O)N(CCCCCO)[C@H](C(=O)N(CC=C)c3c(C)cccc3C)[C@]23CC[C@H]1O3)c1ccccc1. The van der Waals surface area contributed by atoms with Gasteiger partial charge in [-0.25, -0.2) is 0 Å². The fraction of sp³-hybridized carbons (Fsp3) is 0.487. The molecule has 3 heterocycles. The third-order valence-electron chi connectivity index (χ3n) is 10.2. The summed E-state index contributed by atoms with van der Waals surface area (Å²) in [6.45, 7) is 12.0. The molecule has 0 aliphatic carbocycles. The highest BCUT2D eigenvalue weighted by Gasteiger charge is 2.74. The normalized spacial score (nSPS) is 24.3. The zero-order valence-corrected chi connectivity index (χ0v) is 28.6. The lowest BCUT2D eigenvalue weighted by Gasteiger charge is -2.37. The summed E-state index contributed by atoms with van der Waals surface area (Å²) in [5.41, 5.74) is 2.21. The number of rotatable bonds is 17. The number of likely N-dealkylation sites (tertiary alicyclic amines) is 1. The summed E-state index contributed by atoms with van der Waals surface area (Å²) in [6, 6.07) is 13.5. The average molecular weight is 672 g/mol. The summed E-state index contributed by atoms with van der Waals surface area (Å²) in [7, 11) is 0. The lowest BCUT2D eigenvalue weighted by Crippen LogP contribution is -2.57. The Balaban J connectivity index is 1.47. The summed E-state index contributed by atoms with van der Waals surface area (Å²) in [5.74, 6) is -2.97. The van der Waals surface area contributed by atoms with Crippen LogP contribution in [0.1, 0.15) is 67.7 Å². The number of allylic oxidation sites excluding steroid dienone is 1. The van der Waals surface area contributed by atoms with Crippen molar-refractivity contribution in [2.75, 3.05) is 31.2 Å². The van der Waals surface area contributed by atoms with Crippen LogP contribution in [-0.2, 0) is 28.7 Å². The number of aryl methyl sites for hydroxylation is 2. The van der Waals surface area contributed by atoms with E-state index in [9.17, 15) is 24.3 Å². The number of hydrogen-bond donors (Lipinski definition) is 2. The van der Waals surface area contributed by atoms with Gasteiger partial charge in [0.15, 0.2) is 0 Å². The predicted octanol–water partition coefficient (Wildman–Crippen LogP) is 4.73. The third-order valence-corrected chi connectivity index (χ3v) is 10.2. The summed E-state index contributed by atoms with van der Waals surface area (Å²) < 4.78 is 12.3. The molecule has 0 saturated carbocycles. The molecule has 3 amide bonds. The molecule has 262 valence electrons. The number of unbranched alkanes of at least 4 members (excludes halogenated alkanes) is 2. The monoisotopic (exact) mass is 671 g/mol. The van der Waals surface area contributed by atoms with Crippen LogP contribution in [0.5, 0.6) is 0 Å². The molecular formula is C39H49N3O7. The highest BCUT2D eigenvalue weighted by molar-refractivity contribution is 6.05. The Morgan fingerprint density at radius 2 is 1.82 bits per heavy atom. The lowest BCUT2D eigenvalue weighted by molar-refractivity contribution is -0.146. The summed E-state index contributed by atoms with van der Waals surface area (Å²) in [5, 5.41) is 12.5. The van der Waals surface area contributed by atoms with Gasteiger partial charge < -0.3 is 29.7 Å². The van der Waals surface area contributed by atoms with E-state index in [1.807, 2.05) is 62.4 Å². The van der Waals surface area contributed by atoms with E-state index >= 15 is 0 Å². The van der Waals surface area contributed by atoms with Gasteiger partial charge in [-0.3, -0.25) is 19.2 Å². The number of hydrogen-bond acceptors (Lipinski definition) is 7. The number of esters is 1. The third kappa shape index (κ3) is 7.21. The average Bonchev–Trinajstić information content (AvgIpc) is 3.74. The molecule has 2 aromatic rings. The standard InChI is InChI=1S/C39H49N3O7/c1-5-7-19-31(44)48-25-29(28-17-10-8-11-18-28)40-36(45)32-30-20-21-39(49-30)33(32)37(46)42(23-12-9-13-24-43)35(39)38(47)41(22-6-2)34-26(3)15-14-16-27(34)4/h5-6,8,10-11,14-18,29-30,32-33,35,43H,1-2,7,9,12-13,19-25H2,3-4H3,(H,40,45)/t29-,30+,32-,33-,35+,39-/m0/s1. The molecule has 49 heavy (non-hydrogen) atoms. The Labute approximate surface area is 289 Å². The number of fused-ring (bicyclic) bond motifs is 1. The Kier molecular flexibility index (Phi) is 11.7. The van der Waals surface area contributed by atoms with E-state index in [1.54, 1.807) is 22.0 Å². The zero-order chi connectivity index (χ0) is 35.1. The molecule has 3 fully saturated rings. The minimum absolute atomic E-state index is 0.0434. The molecular weight excluding hydrogens is 622 g/mol. The molecule has 6 atom stereocenters. The number of benzene rings is 2. The second-order valence-electron chi connectivity index (χ2n) is 13.3. The molecule has 0 unspecified atom stereocenters. The maximum atomic E-state index is 14.9. The minimum atomic E-state index is -1.17. The zero-order valence-electron chi connectivity index (χ0n) is 28.6. The van der Waals surface area contributed by atoms with Gasteiger partial charge in [-0.05, 0) is 69.1 Å². The van der Waals surface area contributed by atoms with E-state index in [4.69, 9.17) is 9.47 Å². The summed E-state index contributed by atoms with van der Waals surface area (Å²) in [6.07, 6.45) is 6.32. The minimum Gasteiger partial charge on any atom is -0.463 e. The van der Waals surface area contributed by atoms with Crippen LogP contribution in [0.15, 0.2) is 73.8 Å². The molecule has 2 bridgehead atoms. The van der Waals surface area contributed by atoms with E-state index in [0.717, 1.165) is 22.4 Å². The highest BCUT2D eigenvalue weighted by Crippen LogP contribution is 2.59. The molecule has 3 aliphatic rings. The number of nitrogens with one attached hydrogen (secondary N) is 1.